The largest absolute Gasteiger partial charge is 0.359 e. The van der Waals surface area contributed by atoms with Crippen LogP contribution in [0.3, 0.4) is 0 Å². The molecule has 104 valence electrons. The van der Waals surface area contributed by atoms with E-state index in [0.29, 0.717) is 10.6 Å². The number of amides is 1. The van der Waals surface area contributed by atoms with Crippen LogP contribution in [0.25, 0.3) is 10.8 Å². The zero-order valence-electron chi connectivity index (χ0n) is 11.0. The zero-order valence-corrected chi connectivity index (χ0v) is 11.8. The first-order valence-corrected chi connectivity index (χ1v) is 7.75. The molecule has 1 heterocycles. The van der Waals surface area contributed by atoms with Crippen molar-refractivity contribution < 1.29 is 13.2 Å². The molecule has 0 saturated heterocycles. The van der Waals surface area contributed by atoms with Gasteiger partial charge in [0.2, 0.25) is 5.91 Å². The molecule has 0 aromatic heterocycles. The van der Waals surface area contributed by atoms with Crippen molar-refractivity contribution in [3.63, 3.8) is 0 Å². The first-order chi connectivity index (χ1) is 9.55. The van der Waals surface area contributed by atoms with E-state index in [4.69, 9.17) is 0 Å². The number of hydrogen-bond donors (Lipinski definition) is 1. The number of hydrogen-bond acceptors (Lipinski definition) is 3. The summed E-state index contributed by atoms with van der Waals surface area (Å²) in [5.74, 6) is -0.177. The van der Waals surface area contributed by atoms with Crippen molar-refractivity contribution in [1.82, 2.24) is 5.32 Å². The SMILES string of the molecule is CNC(=O)CCN1c2cccc3cccc(c23)S1(=O)=O. The molecular weight excluding hydrogens is 276 g/mol. The van der Waals surface area contributed by atoms with E-state index in [0.717, 1.165) is 10.8 Å². The minimum absolute atomic E-state index is 0.139. The lowest BCUT2D eigenvalue weighted by molar-refractivity contribution is -0.120. The Morgan fingerprint density at radius 3 is 2.60 bits per heavy atom. The van der Waals surface area contributed by atoms with Gasteiger partial charge in [0.05, 0.1) is 10.6 Å². The van der Waals surface area contributed by atoms with Gasteiger partial charge in [-0.05, 0) is 17.5 Å². The highest BCUT2D eigenvalue weighted by Crippen LogP contribution is 2.41. The maximum atomic E-state index is 12.6. The molecule has 0 unspecified atom stereocenters. The van der Waals surface area contributed by atoms with Gasteiger partial charge in [0.25, 0.3) is 10.0 Å². The van der Waals surface area contributed by atoms with Crippen molar-refractivity contribution in [2.45, 2.75) is 11.3 Å². The molecule has 2 aromatic rings. The van der Waals surface area contributed by atoms with Crippen LogP contribution in [-0.4, -0.2) is 27.9 Å². The molecule has 1 aliphatic rings. The second-order valence-corrected chi connectivity index (χ2v) is 6.46. The molecule has 0 fully saturated rings. The number of anilines is 1. The van der Waals surface area contributed by atoms with Gasteiger partial charge < -0.3 is 5.32 Å². The van der Waals surface area contributed by atoms with E-state index in [1.807, 2.05) is 18.2 Å². The lowest BCUT2D eigenvalue weighted by Crippen LogP contribution is -2.31. The van der Waals surface area contributed by atoms with Gasteiger partial charge in [-0.1, -0.05) is 24.3 Å². The van der Waals surface area contributed by atoms with E-state index >= 15 is 0 Å². The van der Waals surface area contributed by atoms with Crippen LogP contribution in [0, 0.1) is 0 Å². The molecule has 6 heteroatoms. The van der Waals surface area contributed by atoms with Crippen molar-refractivity contribution in [1.29, 1.82) is 0 Å². The molecule has 3 rings (SSSR count). The molecule has 2 aromatic carbocycles. The van der Waals surface area contributed by atoms with Crippen molar-refractivity contribution >= 4 is 32.4 Å². The summed E-state index contributed by atoms with van der Waals surface area (Å²) in [4.78, 5) is 11.7. The van der Waals surface area contributed by atoms with Crippen molar-refractivity contribution in [3.8, 4) is 0 Å². The quantitative estimate of drug-likeness (QED) is 0.931. The summed E-state index contributed by atoms with van der Waals surface area (Å²) < 4.78 is 26.4. The topological polar surface area (TPSA) is 66.5 Å². The molecule has 0 saturated carbocycles. The predicted octanol–water partition coefficient (Wildman–Crippen LogP) is 1.48. The molecule has 1 N–H and O–H groups in total. The van der Waals surface area contributed by atoms with Gasteiger partial charge in [-0.15, -0.1) is 0 Å². The van der Waals surface area contributed by atoms with Crippen LogP contribution in [0.15, 0.2) is 41.3 Å². The standard InChI is InChI=1S/C14H14N2O3S/c1-15-13(17)8-9-16-11-6-2-4-10-5-3-7-12(14(10)11)20(16,18)19/h2-7H,8-9H2,1H3,(H,15,17). The van der Waals surface area contributed by atoms with Crippen LogP contribution in [0.2, 0.25) is 0 Å². The van der Waals surface area contributed by atoms with Crippen LogP contribution < -0.4 is 9.62 Å². The highest BCUT2D eigenvalue weighted by atomic mass is 32.2. The Labute approximate surface area is 117 Å². The second-order valence-electron chi connectivity index (χ2n) is 4.63. The molecule has 5 nitrogen and oxygen atoms in total. The average Bonchev–Trinajstić information content (AvgIpc) is 2.67. The number of nitrogens with one attached hydrogen (secondary N) is 1. The maximum Gasteiger partial charge on any atom is 0.265 e. The molecule has 20 heavy (non-hydrogen) atoms. The normalized spacial score (nSPS) is 15.6. The third kappa shape index (κ3) is 1.76. The lowest BCUT2D eigenvalue weighted by atomic mass is 10.1. The Morgan fingerprint density at radius 2 is 1.90 bits per heavy atom. The van der Waals surface area contributed by atoms with Gasteiger partial charge in [0.15, 0.2) is 0 Å². The lowest BCUT2D eigenvalue weighted by Gasteiger charge is -2.18. The molecule has 1 amide bonds. The third-order valence-electron chi connectivity index (χ3n) is 3.50. The van der Waals surface area contributed by atoms with Gasteiger partial charge in [-0.25, -0.2) is 8.42 Å². The number of carbonyl (C=O) groups excluding carboxylic acids is 1. The van der Waals surface area contributed by atoms with E-state index in [2.05, 4.69) is 5.32 Å². The minimum Gasteiger partial charge on any atom is -0.359 e. The van der Waals surface area contributed by atoms with Crippen molar-refractivity contribution in [2.75, 3.05) is 17.9 Å². The van der Waals surface area contributed by atoms with E-state index in [1.165, 1.54) is 11.4 Å². The van der Waals surface area contributed by atoms with Crippen molar-refractivity contribution in [3.05, 3.63) is 36.4 Å². The van der Waals surface area contributed by atoms with Crippen LogP contribution in [0.1, 0.15) is 6.42 Å². The van der Waals surface area contributed by atoms with E-state index in [9.17, 15) is 13.2 Å². The van der Waals surface area contributed by atoms with Gasteiger partial charge >= 0.3 is 0 Å². The summed E-state index contributed by atoms with van der Waals surface area (Å²) in [6.45, 7) is 0.149. The number of rotatable bonds is 3. The van der Waals surface area contributed by atoms with Gasteiger partial charge in [-0.3, -0.25) is 9.10 Å². The highest BCUT2D eigenvalue weighted by Gasteiger charge is 2.35. The number of nitrogens with zero attached hydrogens (tertiary/aromatic N) is 1. The molecule has 0 spiro atoms. The summed E-state index contributed by atoms with van der Waals surface area (Å²) in [6.07, 6.45) is 0.139. The van der Waals surface area contributed by atoms with Crippen LogP contribution in [0.4, 0.5) is 5.69 Å². The monoisotopic (exact) mass is 290 g/mol. The minimum atomic E-state index is -3.55. The second kappa shape index (κ2) is 4.49. The Morgan fingerprint density at radius 1 is 1.20 bits per heavy atom. The van der Waals surface area contributed by atoms with E-state index in [1.54, 1.807) is 18.2 Å². The average molecular weight is 290 g/mol. The number of benzene rings is 2. The molecular formula is C14H14N2O3S. The Balaban J connectivity index is 2.11. The first kappa shape index (κ1) is 12.9. The van der Waals surface area contributed by atoms with Crippen LogP contribution in [-0.2, 0) is 14.8 Å². The predicted molar refractivity (Wildman–Crippen MR) is 77.2 cm³/mol. The zero-order chi connectivity index (χ0) is 14.3. The van der Waals surface area contributed by atoms with E-state index in [-0.39, 0.29) is 18.9 Å². The maximum absolute atomic E-state index is 12.6. The Hall–Kier alpha value is -2.08. The Kier molecular flexibility index (Phi) is 2.90. The van der Waals surface area contributed by atoms with Gasteiger partial charge in [0, 0.05) is 25.4 Å². The molecule has 0 aliphatic carbocycles. The first-order valence-electron chi connectivity index (χ1n) is 6.31. The molecule has 0 bridgehead atoms. The molecule has 0 atom stereocenters. The highest BCUT2D eigenvalue weighted by molar-refractivity contribution is 7.93. The Bertz CT molecular complexity index is 794. The molecule has 1 aliphatic heterocycles. The van der Waals surface area contributed by atoms with Crippen molar-refractivity contribution in [2.24, 2.45) is 0 Å². The number of carbonyl (C=O) groups is 1. The van der Waals surface area contributed by atoms with Crippen LogP contribution in [0.5, 0.6) is 0 Å². The smallest absolute Gasteiger partial charge is 0.265 e. The van der Waals surface area contributed by atoms with Gasteiger partial charge in [0.1, 0.15) is 0 Å². The summed E-state index contributed by atoms with van der Waals surface area (Å²) in [5.41, 5.74) is 0.655. The molecule has 0 radical (unpaired) electrons. The summed E-state index contributed by atoms with van der Waals surface area (Å²) in [5, 5.41) is 4.14. The van der Waals surface area contributed by atoms with E-state index < -0.39 is 10.0 Å². The summed E-state index contributed by atoms with van der Waals surface area (Å²) >= 11 is 0. The third-order valence-corrected chi connectivity index (χ3v) is 5.36. The van der Waals surface area contributed by atoms with Gasteiger partial charge in [-0.2, -0.15) is 0 Å². The number of sulfonamides is 1. The fourth-order valence-electron chi connectivity index (χ4n) is 2.53. The fraction of sp³-hybridized carbons (Fsp3) is 0.214. The summed E-state index contributed by atoms with van der Waals surface area (Å²) in [6, 6.07) is 10.7. The van der Waals surface area contributed by atoms with Crippen LogP contribution >= 0.6 is 0 Å². The fourth-order valence-corrected chi connectivity index (χ4v) is 4.24. The summed E-state index contributed by atoms with van der Waals surface area (Å²) in [7, 11) is -2.01.